The van der Waals surface area contributed by atoms with E-state index in [9.17, 15) is 9.90 Å². The van der Waals surface area contributed by atoms with Gasteiger partial charge in [-0.25, -0.2) is 9.97 Å². The van der Waals surface area contributed by atoms with Crippen molar-refractivity contribution in [1.29, 1.82) is 0 Å². The minimum Gasteiger partial charge on any atom is -0.508 e. The highest BCUT2D eigenvalue weighted by atomic mass is 32.1. The number of rotatable bonds is 3. The Morgan fingerprint density at radius 1 is 1.13 bits per heavy atom. The number of nitrogen functional groups attached to an aromatic ring is 1. The highest BCUT2D eigenvalue weighted by Crippen LogP contribution is 2.36. The van der Waals surface area contributed by atoms with E-state index >= 15 is 0 Å². The van der Waals surface area contributed by atoms with Gasteiger partial charge in [0.05, 0.1) is 38.5 Å². The summed E-state index contributed by atoms with van der Waals surface area (Å²) in [6.45, 7) is 7.48. The largest absolute Gasteiger partial charge is 0.508 e. The highest BCUT2D eigenvalue weighted by Gasteiger charge is 2.28. The number of fused-ring (bicyclic) bond motifs is 2. The number of anilines is 1. The molecule has 0 fully saturated rings. The molecule has 0 aliphatic heterocycles. The zero-order valence-electron chi connectivity index (χ0n) is 17.6. The van der Waals surface area contributed by atoms with Gasteiger partial charge in [0.1, 0.15) is 17.1 Å². The van der Waals surface area contributed by atoms with Crippen LogP contribution < -0.4 is 5.73 Å². The number of carbonyl (C=O) groups is 1. The predicted molar refractivity (Wildman–Crippen MR) is 123 cm³/mol. The quantitative estimate of drug-likeness (QED) is 0.358. The third kappa shape index (κ3) is 2.75. The molecule has 4 aromatic heterocycles. The van der Waals surface area contributed by atoms with Gasteiger partial charge in [-0.15, -0.1) is 11.3 Å². The van der Waals surface area contributed by atoms with Crippen molar-refractivity contribution in [3.63, 3.8) is 0 Å². The number of aromatic hydroxyl groups is 1. The Morgan fingerprint density at radius 3 is 2.61 bits per heavy atom. The zero-order valence-corrected chi connectivity index (χ0v) is 18.4. The molecule has 0 saturated carbocycles. The Bertz CT molecular complexity index is 1490. The van der Waals surface area contributed by atoms with E-state index in [1.165, 1.54) is 0 Å². The molecular formula is C23H21N5O2S. The van der Waals surface area contributed by atoms with E-state index in [1.54, 1.807) is 22.0 Å². The lowest BCUT2D eigenvalue weighted by molar-refractivity contribution is 0.103. The number of nitrogens with two attached hydrogens (primary N) is 1. The lowest BCUT2D eigenvalue weighted by Gasteiger charge is -2.15. The number of aromatic amines is 1. The van der Waals surface area contributed by atoms with Crippen molar-refractivity contribution < 1.29 is 9.90 Å². The molecule has 5 aromatic rings. The zero-order chi connectivity index (χ0) is 22.0. The van der Waals surface area contributed by atoms with Crippen molar-refractivity contribution in [2.75, 3.05) is 5.73 Å². The van der Waals surface area contributed by atoms with Crippen LogP contribution in [0.5, 0.6) is 5.75 Å². The van der Waals surface area contributed by atoms with Crippen molar-refractivity contribution >= 4 is 44.3 Å². The smallest absolute Gasteiger partial charge is 0.215 e. The molecule has 0 spiro atoms. The molecule has 0 radical (unpaired) electrons. The first kappa shape index (κ1) is 19.3. The number of nitrogens with one attached hydrogen (secondary N) is 1. The molecule has 5 rings (SSSR count). The molecule has 0 atom stereocenters. The van der Waals surface area contributed by atoms with Crippen molar-refractivity contribution in [2.24, 2.45) is 0 Å². The predicted octanol–water partition coefficient (Wildman–Crippen LogP) is 4.72. The molecule has 1 aromatic carbocycles. The van der Waals surface area contributed by atoms with E-state index in [0.29, 0.717) is 33.7 Å². The van der Waals surface area contributed by atoms with Crippen LogP contribution in [0.1, 0.15) is 38.6 Å². The average molecular weight is 432 g/mol. The molecule has 0 aliphatic rings. The third-order valence-corrected chi connectivity index (χ3v) is 6.64. The summed E-state index contributed by atoms with van der Waals surface area (Å²) in [6, 6.07) is 7.24. The molecule has 7 nitrogen and oxygen atoms in total. The third-order valence-electron chi connectivity index (χ3n) is 5.77. The molecule has 8 heteroatoms. The lowest BCUT2D eigenvalue weighted by Crippen LogP contribution is -2.09. The van der Waals surface area contributed by atoms with Gasteiger partial charge >= 0.3 is 0 Å². The highest BCUT2D eigenvalue weighted by molar-refractivity contribution is 7.17. The van der Waals surface area contributed by atoms with Crippen LogP contribution in [0.25, 0.3) is 27.1 Å². The number of aryl methyl sites for hydroxylation is 3. The number of ketones is 1. The fourth-order valence-electron chi connectivity index (χ4n) is 3.99. The van der Waals surface area contributed by atoms with Crippen LogP contribution in [0.3, 0.4) is 0 Å². The standard InChI is InChI=1S/C23H21N5O2S/c1-10-5-6-16(29)11(2)20(10)28-22(24)18(19-23(28)26-13(4)12(3)25-19)21(30)15-9-17-14(27-15)7-8-31-17/h5-9,27,29H,24H2,1-4H3. The van der Waals surface area contributed by atoms with Gasteiger partial charge in [0.2, 0.25) is 5.78 Å². The van der Waals surface area contributed by atoms with Crippen LogP contribution in [0, 0.1) is 27.7 Å². The van der Waals surface area contributed by atoms with Gasteiger partial charge < -0.3 is 15.8 Å². The fourth-order valence-corrected chi connectivity index (χ4v) is 4.77. The Labute approximate surface area is 182 Å². The van der Waals surface area contributed by atoms with Crippen molar-refractivity contribution in [1.82, 2.24) is 19.5 Å². The minimum absolute atomic E-state index is 0.149. The number of aromatic nitrogens is 4. The number of benzene rings is 1. The maximum absolute atomic E-state index is 13.6. The topological polar surface area (TPSA) is 110 Å². The second kappa shape index (κ2) is 6.68. The normalized spacial score (nSPS) is 11.6. The van der Waals surface area contributed by atoms with Gasteiger partial charge in [-0.1, -0.05) is 6.07 Å². The number of carbonyl (C=O) groups excluding carboxylic acids is 1. The number of phenols is 1. The second-order valence-corrected chi connectivity index (χ2v) is 8.70. The van der Waals surface area contributed by atoms with Crippen LogP contribution in [-0.2, 0) is 0 Å². The number of phenolic OH excluding ortho intramolecular Hbond substituents is 1. The molecular weight excluding hydrogens is 410 g/mol. The Kier molecular flexibility index (Phi) is 4.16. The number of thiophene rings is 1. The number of H-pyrrole nitrogens is 1. The molecule has 31 heavy (non-hydrogen) atoms. The van der Waals surface area contributed by atoms with Gasteiger partial charge in [-0.3, -0.25) is 9.36 Å². The van der Waals surface area contributed by atoms with Crippen LogP contribution in [0.15, 0.2) is 29.6 Å². The molecule has 0 aliphatic carbocycles. The SMILES string of the molecule is Cc1ccc(O)c(C)c1-n1c(N)c(C(=O)c2cc3sccc3[nH]2)c2nc(C)c(C)nc21. The van der Waals surface area contributed by atoms with Crippen LogP contribution in [-0.4, -0.2) is 30.4 Å². The summed E-state index contributed by atoms with van der Waals surface area (Å²) in [6.07, 6.45) is 0. The van der Waals surface area contributed by atoms with Crippen molar-refractivity contribution in [3.05, 3.63) is 63.4 Å². The summed E-state index contributed by atoms with van der Waals surface area (Å²) in [5.74, 6) is 0.161. The van der Waals surface area contributed by atoms with Gasteiger partial charge in [0.25, 0.3) is 0 Å². The summed E-state index contributed by atoms with van der Waals surface area (Å²) in [4.78, 5) is 26.2. The van der Waals surface area contributed by atoms with Gasteiger partial charge in [-0.05, 0) is 56.8 Å². The van der Waals surface area contributed by atoms with E-state index in [0.717, 1.165) is 27.2 Å². The van der Waals surface area contributed by atoms with Crippen LogP contribution in [0.4, 0.5) is 5.82 Å². The number of hydrogen-bond donors (Lipinski definition) is 3. The summed E-state index contributed by atoms with van der Waals surface area (Å²) < 4.78 is 2.74. The van der Waals surface area contributed by atoms with Gasteiger partial charge in [0.15, 0.2) is 5.65 Å². The molecule has 4 heterocycles. The average Bonchev–Trinajstić information content (AvgIpc) is 3.39. The first-order valence-electron chi connectivity index (χ1n) is 9.83. The summed E-state index contributed by atoms with van der Waals surface area (Å²) in [5.41, 5.74) is 13.0. The van der Waals surface area contributed by atoms with E-state index < -0.39 is 0 Å². The number of nitrogens with zero attached hydrogens (tertiary/aromatic N) is 3. The summed E-state index contributed by atoms with van der Waals surface area (Å²) in [5, 5.41) is 12.3. The van der Waals surface area contributed by atoms with E-state index in [4.69, 9.17) is 15.7 Å². The van der Waals surface area contributed by atoms with Crippen molar-refractivity contribution in [3.8, 4) is 11.4 Å². The fraction of sp³-hybridized carbons (Fsp3) is 0.174. The lowest BCUT2D eigenvalue weighted by atomic mass is 10.1. The molecule has 0 bridgehead atoms. The minimum atomic E-state index is -0.238. The molecule has 0 unspecified atom stereocenters. The van der Waals surface area contributed by atoms with Crippen LogP contribution in [0.2, 0.25) is 0 Å². The van der Waals surface area contributed by atoms with Gasteiger partial charge in [-0.2, -0.15) is 0 Å². The van der Waals surface area contributed by atoms with E-state index in [1.807, 2.05) is 51.3 Å². The number of hydrogen-bond acceptors (Lipinski definition) is 6. The molecule has 156 valence electrons. The second-order valence-electron chi connectivity index (χ2n) is 7.75. The molecule has 0 saturated heterocycles. The Hall–Kier alpha value is -3.65. The van der Waals surface area contributed by atoms with Crippen molar-refractivity contribution in [2.45, 2.75) is 27.7 Å². The van der Waals surface area contributed by atoms with E-state index in [-0.39, 0.29) is 17.4 Å². The summed E-state index contributed by atoms with van der Waals surface area (Å²) in [7, 11) is 0. The maximum Gasteiger partial charge on any atom is 0.215 e. The van der Waals surface area contributed by atoms with E-state index in [2.05, 4.69) is 4.98 Å². The Morgan fingerprint density at radius 2 is 1.87 bits per heavy atom. The first-order valence-corrected chi connectivity index (χ1v) is 10.7. The van der Waals surface area contributed by atoms with Gasteiger partial charge in [0, 0.05) is 5.56 Å². The maximum atomic E-state index is 13.6. The molecule has 0 amide bonds. The summed E-state index contributed by atoms with van der Waals surface area (Å²) >= 11 is 1.56. The Balaban J connectivity index is 1.85. The first-order chi connectivity index (χ1) is 14.8. The monoisotopic (exact) mass is 431 g/mol. The molecule has 4 N–H and O–H groups in total. The van der Waals surface area contributed by atoms with Crippen LogP contribution >= 0.6 is 11.3 Å².